The molecule has 50 valence electrons. The quantitative estimate of drug-likeness (QED) is 0.554. The second-order valence-corrected chi connectivity index (χ2v) is 5.56. The highest BCUT2D eigenvalue weighted by molar-refractivity contribution is 14.1. The molecule has 3 heteroatoms. The summed E-state index contributed by atoms with van der Waals surface area (Å²) in [5, 5.41) is 8.64. The third-order valence-electron chi connectivity index (χ3n) is 2.42. The Labute approximate surface area is 66.8 Å². The van der Waals surface area contributed by atoms with Crippen molar-refractivity contribution in [3.8, 4) is 0 Å². The highest BCUT2D eigenvalue weighted by atomic mass is 127. The molecule has 3 fully saturated rings. The lowest BCUT2D eigenvalue weighted by Gasteiger charge is -2.65. The molecule has 0 radical (unpaired) electrons. The molecule has 2 bridgehead atoms. The summed E-state index contributed by atoms with van der Waals surface area (Å²) in [6.07, 6.45) is 2.74. The minimum Gasteiger partial charge on any atom is -0.481 e. The molecule has 0 aromatic heterocycles. The normalized spacial score (nSPS) is 53.4. The number of hydrogen-bond donors (Lipinski definition) is 1. The molecule has 0 amide bonds. The highest BCUT2D eigenvalue weighted by Gasteiger charge is 2.70. The first-order chi connectivity index (χ1) is 4.06. The maximum Gasteiger partial charge on any atom is 0.309 e. The van der Waals surface area contributed by atoms with E-state index in [1.165, 1.54) is 0 Å². The molecule has 9 heavy (non-hydrogen) atoms. The molecule has 0 aromatic rings. The van der Waals surface area contributed by atoms with E-state index in [0.29, 0.717) is 3.42 Å². The smallest absolute Gasteiger partial charge is 0.309 e. The van der Waals surface area contributed by atoms with E-state index in [-0.39, 0.29) is 5.41 Å². The zero-order valence-electron chi connectivity index (χ0n) is 4.85. The molecule has 0 heterocycles. The number of alkyl halides is 1. The van der Waals surface area contributed by atoms with Gasteiger partial charge in [-0.2, -0.15) is 0 Å². The van der Waals surface area contributed by atoms with Crippen LogP contribution in [-0.4, -0.2) is 14.5 Å². The van der Waals surface area contributed by atoms with E-state index in [1.54, 1.807) is 0 Å². The van der Waals surface area contributed by atoms with Crippen molar-refractivity contribution >= 4 is 28.6 Å². The van der Waals surface area contributed by atoms with Crippen molar-refractivity contribution in [2.24, 2.45) is 5.41 Å². The standard InChI is InChI=1S/C6H7IO2/c7-6-1-5(2-6,3-6)4(8)9/h1-3H2,(H,8,9). The van der Waals surface area contributed by atoms with Gasteiger partial charge in [0.1, 0.15) is 0 Å². The molecule has 0 aliphatic heterocycles. The average molecular weight is 238 g/mol. The van der Waals surface area contributed by atoms with E-state index in [9.17, 15) is 4.79 Å². The summed E-state index contributed by atoms with van der Waals surface area (Å²) in [4.78, 5) is 10.5. The topological polar surface area (TPSA) is 37.3 Å². The van der Waals surface area contributed by atoms with Crippen molar-refractivity contribution in [2.45, 2.75) is 22.7 Å². The van der Waals surface area contributed by atoms with Gasteiger partial charge in [-0.05, 0) is 19.3 Å². The third-order valence-corrected chi connectivity index (χ3v) is 3.56. The van der Waals surface area contributed by atoms with Crippen LogP contribution in [0, 0.1) is 5.41 Å². The van der Waals surface area contributed by atoms with Gasteiger partial charge in [-0.1, -0.05) is 22.6 Å². The molecule has 3 rings (SSSR count). The van der Waals surface area contributed by atoms with Gasteiger partial charge in [0.2, 0.25) is 0 Å². The summed E-state index contributed by atoms with van der Waals surface area (Å²) in [7, 11) is 0. The van der Waals surface area contributed by atoms with Crippen molar-refractivity contribution in [1.82, 2.24) is 0 Å². The Morgan fingerprint density at radius 1 is 1.44 bits per heavy atom. The Morgan fingerprint density at radius 3 is 2.00 bits per heavy atom. The van der Waals surface area contributed by atoms with Crippen LogP contribution in [-0.2, 0) is 4.79 Å². The zero-order chi connectivity index (χ0) is 6.70. The average Bonchev–Trinajstić information content (AvgIpc) is 1.54. The number of halogens is 1. The first-order valence-corrected chi connectivity index (χ1v) is 4.07. The summed E-state index contributed by atoms with van der Waals surface area (Å²) in [5.74, 6) is -0.582. The first kappa shape index (κ1) is 5.95. The molecule has 0 atom stereocenters. The summed E-state index contributed by atoms with van der Waals surface area (Å²) < 4.78 is 0.399. The van der Waals surface area contributed by atoms with Crippen molar-refractivity contribution < 1.29 is 9.90 Å². The van der Waals surface area contributed by atoms with Crippen LogP contribution in [0.3, 0.4) is 0 Å². The van der Waals surface area contributed by atoms with Crippen molar-refractivity contribution in [2.75, 3.05) is 0 Å². The number of carboxylic acid groups (broad SMARTS) is 1. The SMILES string of the molecule is O=C(O)C12CC(I)(C1)C2. The predicted molar refractivity (Wildman–Crippen MR) is 40.7 cm³/mol. The molecule has 0 saturated heterocycles. The minimum atomic E-state index is -0.582. The van der Waals surface area contributed by atoms with Gasteiger partial charge in [0.25, 0.3) is 0 Å². The van der Waals surface area contributed by atoms with E-state index in [4.69, 9.17) is 5.11 Å². The van der Waals surface area contributed by atoms with Crippen LogP contribution in [0.15, 0.2) is 0 Å². The molecule has 3 aliphatic carbocycles. The fourth-order valence-electron chi connectivity index (χ4n) is 1.89. The molecular formula is C6H7IO2. The Morgan fingerprint density at radius 2 is 1.89 bits per heavy atom. The van der Waals surface area contributed by atoms with Gasteiger partial charge < -0.3 is 5.11 Å². The summed E-state index contributed by atoms with van der Waals surface area (Å²) in [5.41, 5.74) is -0.263. The Hall–Kier alpha value is 0.200. The van der Waals surface area contributed by atoms with Gasteiger partial charge in [-0.3, -0.25) is 4.79 Å². The lowest BCUT2D eigenvalue weighted by molar-refractivity contribution is -0.174. The number of aliphatic carboxylic acids is 1. The molecule has 1 N–H and O–H groups in total. The van der Waals surface area contributed by atoms with E-state index in [1.807, 2.05) is 0 Å². The van der Waals surface area contributed by atoms with Gasteiger partial charge in [0.15, 0.2) is 0 Å². The summed E-state index contributed by atoms with van der Waals surface area (Å²) in [6, 6.07) is 0. The Kier molecular flexibility index (Phi) is 0.848. The predicted octanol–water partition coefficient (Wildman–Crippen LogP) is 1.43. The van der Waals surface area contributed by atoms with Gasteiger partial charge >= 0.3 is 5.97 Å². The molecule has 0 spiro atoms. The van der Waals surface area contributed by atoms with Crippen molar-refractivity contribution in [1.29, 1.82) is 0 Å². The molecule has 0 aromatic carbocycles. The maximum atomic E-state index is 10.5. The van der Waals surface area contributed by atoms with E-state index < -0.39 is 5.97 Å². The van der Waals surface area contributed by atoms with Crippen LogP contribution in [0.2, 0.25) is 0 Å². The lowest BCUT2D eigenvalue weighted by Crippen LogP contribution is -2.66. The number of rotatable bonds is 1. The first-order valence-electron chi connectivity index (χ1n) is 2.99. The third kappa shape index (κ3) is 0.538. The van der Waals surface area contributed by atoms with Gasteiger partial charge in [-0.15, -0.1) is 0 Å². The van der Waals surface area contributed by atoms with Crippen LogP contribution < -0.4 is 0 Å². The van der Waals surface area contributed by atoms with Gasteiger partial charge in [0.05, 0.1) is 5.41 Å². The molecular weight excluding hydrogens is 231 g/mol. The zero-order valence-corrected chi connectivity index (χ0v) is 7.01. The maximum absolute atomic E-state index is 10.5. The molecule has 2 nitrogen and oxygen atoms in total. The van der Waals surface area contributed by atoms with Gasteiger partial charge in [-0.25, -0.2) is 0 Å². The van der Waals surface area contributed by atoms with Crippen LogP contribution >= 0.6 is 22.6 Å². The summed E-state index contributed by atoms with van der Waals surface area (Å²) in [6.45, 7) is 0. The molecule has 3 aliphatic rings. The second-order valence-electron chi connectivity index (χ2n) is 3.27. The fourth-order valence-corrected chi connectivity index (χ4v) is 4.08. The number of hydrogen-bond acceptors (Lipinski definition) is 1. The lowest BCUT2D eigenvalue weighted by atomic mass is 9.44. The van der Waals surface area contributed by atoms with E-state index in [0.717, 1.165) is 19.3 Å². The van der Waals surface area contributed by atoms with E-state index >= 15 is 0 Å². The largest absolute Gasteiger partial charge is 0.481 e. The Bertz CT molecular complexity index is 168. The van der Waals surface area contributed by atoms with E-state index in [2.05, 4.69) is 22.6 Å². The fraction of sp³-hybridized carbons (Fsp3) is 0.833. The monoisotopic (exact) mass is 238 g/mol. The number of carboxylic acids is 1. The van der Waals surface area contributed by atoms with Crippen molar-refractivity contribution in [3.05, 3.63) is 0 Å². The Balaban J connectivity index is 2.13. The van der Waals surface area contributed by atoms with Crippen molar-refractivity contribution in [3.63, 3.8) is 0 Å². The van der Waals surface area contributed by atoms with Crippen LogP contribution in [0.4, 0.5) is 0 Å². The number of carbonyl (C=O) groups is 1. The minimum absolute atomic E-state index is 0.263. The van der Waals surface area contributed by atoms with Crippen LogP contribution in [0.5, 0.6) is 0 Å². The second kappa shape index (κ2) is 1.28. The van der Waals surface area contributed by atoms with Crippen LogP contribution in [0.1, 0.15) is 19.3 Å². The van der Waals surface area contributed by atoms with Gasteiger partial charge in [0, 0.05) is 3.42 Å². The molecule has 3 saturated carbocycles. The highest BCUT2D eigenvalue weighted by Crippen LogP contribution is 2.71. The summed E-state index contributed by atoms with van der Waals surface area (Å²) >= 11 is 2.37. The van der Waals surface area contributed by atoms with Crippen LogP contribution in [0.25, 0.3) is 0 Å². The molecule has 0 unspecified atom stereocenters.